The Morgan fingerprint density at radius 3 is 2.81 bits per heavy atom. The van der Waals surface area contributed by atoms with E-state index in [9.17, 15) is 0 Å². The van der Waals surface area contributed by atoms with Gasteiger partial charge in [-0.25, -0.2) is 0 Å². The lowest BCUT2D eigenvalue weighted by Crippen LogP contribution is -2.33. The van der Waals surface area contributed by atoms with Gasteiger partial charge in [0.2, 0.25) is 0 Å². The first-order valence-electron chi connectivity index (χ1n) is 6.02. The highest BCUT2D eigenvalue weighted by Crippen LogP contribution is 2.38. The number of hydrogen-bond acceptors (Lipinski definition) is 1. The summed E-state index contributed by atoms with van der Waals surface area (Å²) in [4.78, 5) is 0. The van der Waals surface area contributed by atoms with Gasteiger partial charge in [0, 0.05) is 4.47 Å². The first-order valence-corrected chi connectivity index (χ1v) is 6.81. The lowest BCUT2D eigenvalue weighted by Gasteiger charge is -2.34. The van der Waals surface area contributed by atoms with Crippen LogP contribution in [0.3, 0.4) is 0 Å². The van der Waals surface area contributed by atoms with Gasteiger partial charge < -0.3 is 4.74 Å². The van der Waals surface area contributed by atoms with E-state index < -0.39 is 0 Å². The zero-order valence-corrected chi connectivity index (χ0v) is 11.9. The maximum atomic E-state index is 6.14. The lowest BCUT2D eigenvalue weighted by atomic mass is 9.92. The Morgan fingerprint density at radius 2 is 2.12 bits per heavy atom. The normalized spacial score (nSPS) is 17.8. The van der Waals surface area contributed by atoms with Crippen LogP contribution in [-0.2, 0) is 12.8 Å². The van der Waals surface area contributed by atoms with E-state index in [0.717, 1.165) is 31.4 Å². The number of rotatable bonds is 2. The molecular weight excluding hydrogens is 264 g/mol. The van der Waals surface area contributed by atoms with Gasteiger partial charge in [-0.05, 0) is 56.4 Å². The van der Waals surface area contributed by atoms with Gasteiger partial charge in [-0.1, -0.05) is 29.3 Å². The Kier molecular flexibility index (Phi) is 3.29. The predicted octanol–water partition coefficient (Wildman–Crippen LogP) is 4.51. The minimum Gasteiger partial charge on any atom is -0.487 e. The molecule has 0 bridgehead atoms. The van der Waals surface area contributed by atoms with Crippen molar-refractivity contribution in [2.75, 3.05) is 0 Å². The van der Waals surface area contributed by atoms with Crippen LogP contribution in [0, 0.1) is 0 Å². The molecule has 0 aromatic heterocycles. The molecule has 1 aliphatic rings. The third kappa shape index (κ3) is 2.42. The van der Waals surface area contributed by atoms with Gasteiger partial charge >= 0.3 is 0 Å². The summed E-state index contributed by atoms with van der Waals surface area (Å²) in [5, 5.41) is 0. The van der Waals surface area contributed by atoms with Crippen LogP contribution < -0.4 is 4.74 Å². The van der Waals surface area contributed by atoms with Gasteiger partial charge in [0.15, 0.2) is 0 Å². The highest BCUT2D eigenvalue weighted by atomic mass is 79.9. The average molecular weight is 283 g/mol. The van der Waals surface area contributed by atoms with Crippen LogP contribution in [-0.4, -0.2) is 5.60 Å². The molecule has 88 valence electrons. The molecule has 0 saturated carbocycles. The maximum absolute atomic E-state index is 6.14. The van der Waals surface area contributed by atoms with E-state index in [0.29, 0.717) is 0 Å². The fourth-order valence-electron chi connectivity index (χ4n) is 2.25. The van der Waals surface area contributed by atoms with Crippen LogP contribution in [0.25, 0.3) is 0 Å². The van der Waals surface area contributed by atoms with Crippen molar-refractivity contribution < 1.29 is 4.74 Å². The number of fused-ring (bicyclic) bond motifs is 1. The lowest BCUT2D eigenvalue weighted by molar-refractivity contribution is 0.0832. The van der Waals surface area contributed by atoms with Gasteiger partial charge in [0.1, 0.15) is 11.4 Å². The first kappa shape index (κ1) is 12.0. The van der Waals surface area contributed by atoms with Gasteiger partial charge in [-0.3, -0.25) is 0 Å². The molecule has 1 aliphatic heterocycles. The highest BCUT2D eigenvalue weighted by Gasteiger charge is 2.28. The molecule has 0 N–H and O–H groups in total. The number of hydrogen-bond donors (Lipinski definition) is 0. The Bertz CT molecular complexity index is 396. The van der Waals surface area contributed by atoms with Crippen LogP contribution in [0.2, 0.25) is 0 Å². The van der Waals surface area contributed by atoms with Gasteiger partial charge in [-0.2, -0.15) is 0 Å². The molecule has 0 fully saturated rings. The molecule has 1 aromatic carbocycles. The minimum absolute atomic E-state index is 0.0106. The van der Waals surface area contributed by atoms with Crippen LogP contribution in [0.1, 0.15) is 44.7 Å². The summed E-state index contributed by atoms with van der Waals surface area (Å²) in [6, 6.07) is 4.40. The second kappa shape index (κ2) is 4.40. The van der Waals surface area contributed by atoms with Gasteiger partial charge in [0.25, 0.3) is 0 Å². The Labute approximate surface area is 106 Å². The van der Waals surface area contributed by atoms with Crippen LogP contribution >= 0.6 is 15.9 Å². The summed E-state index contributed by atoms with van der Waals surface area (Å²) in [6.07, 6.45) is 4.48. The van der Waals surface area contributed by atoms with Crippen LogP contribution in [0.4, 0.5) is 0 Å². The van der Waals surface area contributed by atoms with Crippen molar-refractivity contribution in [2.24, 2.45) is 0 Å². The largest absolute Gasteiger partial charge is 0.487 e. The zero-order chi connectivity index (χ0) is 11.8. The molecule has 0 saturated heterocycles. The second-order valence-electron chi connectivity index (χ2n) is 5.16. The first-order chi connectivity index (χ1) is 7.52. The molecule has 0 radical (unpaired) electrons. The zero-order valence-electron chi connectivity index (χ0n) is 10.3. The molecule has 1 heterocycles. The molecule has 2 rings (SSSR count). The Hall–Kier alpha value is -0.500. The number of aryl methyl sites for hydroxylation is 2. The molecule has 0 unspecified atom stereocenters. The van der Waals surface area contributed by atoms with Crippen molar-refractivity contribution in [3.8, 4) is 5.75 Å². The van der Waals surface area contributed by atoms with Gasteiger partial charge in [0.05, 0.1) is 0 Å². The van der Waals surface area contributed by atoms with E-state index in [1.165, 1.54) is 15.6 Å². The van der Waals surface area contributed by atoms with Crippen molar-refractivity contribution in [1.82, 2.24) is 0 Å². The van der Waals surface area contributed by atoms with E-state index in [1.54, 1.807) is 0 Å². The summed E-state index contributed by atoms with van der Waals surface area (Å²) >= 11 is 3.58. The smallest absolute Gasteiger partial charge is 0.126 e. The maximum Gasteiger partial charge on any atom is 0.126 e. The molecule has 2 heteroatoms. The second-order valence-corrected chi connectivity index (χ2v) is 6.08. The fourth-order valence-corrected chi connectivity index (χ4v) is 2.80. The van der Waals surface area contributed by atoms with E-state index in [2.05, 4.69) is 48.8 Å². The molecule has 16 heavy (non-hydrogen) atoms. The van der Waals surface area contributed by atoms with E-state index in [-0.39, 0.29) is 5.60 Å². The van der Waals surface area contributed by atoms with Crippen molar-refractivity contribution in [2.45, 2.75) is 52.1 Å². The van der Waals surface area contributed by atoms with Crippen molar-refractivity contribution in [3.05, 3.63) is 27.7 Å². The fraction of sp³-hybridized carbons (Fsp3) is 0.571. The average Bonchev–Trinajstić information content (AvgIpc) is 2.19. The van der Waals surface area contributed by atoms with E-state index in [4.69, 9.17) is 4.74 Å². The predicted molar refractivity (Wildman–Crippen MR) is 71.2 cm³/mol. The summed E-state index contributed by atoms with van der Waals surface area (Å²) in [5.74, 6) is 1.14. The van der Waals surface area contributed by atoms with Crippen molar-refractivity contribution in [3.63, 3.8) is 0 Å². The highest BCUT2D eigenvalue weighted by molar-refractivity contribution is 9.10. The molecule has 1 aromatic rings. The van der Waals surface area contributed by atoms with Gasteiger partial charge in [-0.15, -0.1) is 0 Å². The molecule has 0 atom stereocenters. The quantitative estimate of drug-likeness (QED) is 0.776. The SMILES string of the molecule is CCCc1cc(Br)cc2c1OC(C)(C)CC2. The topological polar surface area (TPSA) is 9.23 Å². The van der Waals surface area contributed by atoms with Crippen LogP contribution in [0.5, 0.6) is 5.75 Å². The molecule has 0 aliphatic carbocycles. The third-order valence-electron chi connectivity index (χ3n) is 3.10. The molecule has 1 nitrogen and oxygen atoms in total. The monoisotopic (exact) mass is 282 g/mol. The standard InChI is InChI=1S/C14H19BrO/c1-4-5-10-8-12(15)9-11-6-7-14(2,3)16-13(10)11/h8-9H,4-7H2,1-3H3. The van der Waals surface area contributed by atoms with Crippen molar-refractivity contribution >= 4 is 15.9 Å². The number of halogens is 1. The summed E-state index contributed by atoms with van der Waals surface area (Å²) in [5.41, 5.74) is 2.69. The summed E-state index contributed by atoms with van der Waals surface area (Å²) in [6.45, 7) is 6.56. The Balaban J connectivity index is 2.43. The molecular formula is C14H19BrO. The number of ether oxygens (including phenoxy) is 1. The summed E-state index contributed by atoms with van der Waals surface area (Å²) in [7, 11) is 0. The molecule has 0 spiro atoms. The minimum atomic E-state index is -0.0106. The number of benzene rings is 1. The van der Waals surface area contributed by atoms with E-state index >= 15 is 0 Å². The summed E-state index contributed by atoms with van der Waals surface area (Å²) < 4.78 is 7.32. The Morgan fingerprint density at radius 1 is 1.38 bits per heavy atom. The van der Waals surface area contributed by atoms with Crippen molar-refractivity contribution in [1.29, 1.82) is 0 Å². The van der Waals surface area contributed by atoms with E-state index in [1.807, 2.05) is 0 Å². The third-order valence-corrected chi connectivity index (χ3v) is 3.56. The molecule has 0 amide bonds. The van der Waals surface area contributed by atoms with Crippen LogP contribution in [0.15, 0.2) is 16.6 Å².